The van der Waals surface area contributed by atoms with Gasteiger partial charge in [-0.15, -0.1) is 0 Å². The third-order valence-corrected chi connectivity index (χ3v) is 3.36. The molecule has 1 aromatic carbocycles. The normalized spacial score (nSPS) is 15.0. The molecule has 6 heteroatoms. The van der Waals surface area contributed by atoms with Crippen LogP contribution < -0.4 is 14.8 Å². The van der Waals surface area contributed by atoms with Crippen LogP contribution >= 0.6 is 15.9 Å². The second kappa shape index (κ2) is 6.56. The number of nitrogens with one attached hydrogen (secondary N) is 1. The van der Waals surface area contributed by atoms with E-state index < -0.39 is 0 Å². The van der Waals surface area contributed by atoms with Crippen LogP contribution in [0.2, 0.25) is 0 Å². The molecule has 0 aliphatic carbocycles. The summed E-state index contributed by atoms with van der Waals surface area (Å²) in [5, 5.41) is 13.0. The highest BCUT2D eigenvalue weighted by Gasteiger charge is 2.17. The minimum Gasteiger partial charge on any atom is -0.454 e. The summed E-state index contributed by atoms with van der Waals surface area (Å²) in [5.41, 5.74) is 1.09. The quantitative estimate of drug-likeness (QED) is 0.820. The molecule has 106 valence electrons. The minimum atomic E-state index is -0.368. The van der Waals surface area contributed by atoms with Crippen LogP contribution in [0.1, 0.15) is 5.56 Å². The van der Waals surface area contributed by atoms with Crippen LogP contribution in [0.15, 0.2) is 16.6 Å². The summed E-state index contributed by atoms with van der Waals surface area (Å²) in [7, 11) is 3.89. The predicted octanol–water partition coefficient (Wildman–Crippen LogP) is 1.19. The van der Waals surface area contributed by atoms with Crippen molar-refractivity contribution < 1.29 is 14.6 Å². The van der Waals surface area contributed by atoms with Crippen LogP contribution in [0.4, 0.5) is 0 Å². The standard InChI is InChI=1S/C13H19BrN2O3/c1-16(2)7-10(17)6-15-5-9-3-11(14)13-12(4-9)18-8-19-13/h3-4,10,15,17H,5-8H2,1-2H3. The van der Waals surface area contributed by atoms with Crippen LogP contribution in [-0.2, 0) is 6.54 Å². The van der Waals surface area contributed by atoms with Gasteiger partial charge in [-0.2, -0.15) is 0 Å². The number of aliphatic hydroxyl groups excluding tert-OH is 1. The molecule has 1 atom stereocenters. The van der Waals surface area contributed by atoms with E-state index in [1.54, 1.807) is 0 Å². The molecule has 0 radical (unpaired) electrons. The molecule has 19 heavy (non-hydrogen) atoms. The maximum absolute atomic E-state index is 9.75. The van der Waals surface area contributed by atoms with Crippen molar-refractivity contribution in [1.29, 1.82) is 0 Å². The molecule has 1 heterocycles. The third-order valence-electron chi connectivity index (χ3n) is 2.77. The van der Waals surface area contributed by atoms with E-state index in [0.29, 0.717) is 19.6 Å². The van der Waals surface area contributed by atoms with E-state index in [9.17, 15) is 5.11 Å². The first-order valence-electron chi connectivity index (χ1n) is 6.18. The predicted molar refractivity (Wildman–Crippen MR) is 76.5 cm³/mol. The van der Waals surface area contributed by atoms with Gasteiger partial charge in [0.25, 0.3) is 0 Å². The molecule has 1 aliphatic rings. The first kappa shape index (κ1) is 14.6. The number of likely N-dealkylation sites (N-methyl/N-ethyl adjacent to an activating group) is 1. The summed E-state index contributed by atoms with van der Waals surface area (Å²) in [6.07, 6.45) is -0.368. The molecule has 0 spiro atoms. The molecule has 5 nitrogen and oxygen atoms in total. The summed E-state index contributed by atoms with van der Waals surface area (Å²) in [4.78, 5) is 1.96. The molecule has 1 aliphatic heterocycles. The summed E-state index contributed by atoms with van der Waals surface area (Å²) in [5.74, 6) is 1.52. The lowest BCUT2D eigenvalue weighted by molar-refractivity contribution is 0.134. The molecule has 2 rings (SSSR count). The lowest BCUT2D eigenvalue weighted by Crippen LogP contribution is -2.34. The largest absolute Gasteiger partial charge is 0.454 e. The maximum Gasteiger partial charge on any atom is 0.231 e. The number of rotatable bonds is 6. The summed E-state index contributed by atoms with van der Waals surface area (Å²) in [6, 6.07) is 3.96. The monoisotopic (exact) mass is 330 g/mol. The highest BCUT2D eigenvalue weighted by atomic mass is 79.9. The Hall–Kier alpha value is -0.820. The van der Waals surface area contributed by atoms with E-state index in [4.69, 9.17) is 9.47 Å². The van der Waals surface area contributed by atoms with Gasteiger partial charge in [-0.05, 0) is 47.7 Å². The Bertz CT molecular complexity index is 440. The number of halogens is 1. The Morgan fingerprint density at radius 2 is 2.21 bits per heavy atom. The molecule has 0 amide bonds. The molecule has 1 aromatic rings. The van der Waals surface area contributed by atoms with Crippen LogP contribution in [0.5, 0.6) is 11.5 Å². The van der Waals surface area contributed by atoms with Gasteiger partial charge in [-0.1, -0.05) is 0 Å². The number of benzene rings is 1. The number of fused-ring (bicyclic) bond motifs is 1. The maximum atomic E-state index is 9.75. The molecule has 1 unspecified atom stereocenters. The Kier molecular flexibility index (Phi) is 5.04. The molecule has 0 fully saturated rings. The SMILES string of the molecule is CN(C)CC(O)CNCc1cc(Br)c2c(c1)OCO2. The van der Waals surface area contributed by atoms with Crippen molar-refractivity contribution in [1.82, 2.24) is 10.2 Å². The highest BCUT2D eigenvalue weighted by Crippen LogP contribution is 2.39. The molecule has 0 saturated heterocycles. The van der Waals surface area contributed by atoms with Crippen LogP contribution in [0.25, 0.3) is 0 Å². The lowest BCUT2D eigenvalue weighted by atomic mass is 10.2. The van der Waals surface area contributed by atoms with E-state index in [-0.39, 0.29) is 12.9 Å². The van der Waals surface area contributed by atoms with Gasteiger partial charge in [0, 0.05) is 19.6 Å². The van der Waals surface area contributed by atoms with E-state index in [1.165, 1.54) is 0 Å². The van der Waals surface area contributed by atoms with Crippen molar-refractivity contribution in [2.75, 3.05) is 34.0 Å². The average molecular weight is 331 g/mol. The smallest absolute Gasteiger partial charge is 0.231 e. The summed E-state index contributed by atoms with van der Waals surface area (Å²) >= 11 is 3.46. The Morgan fingerprint density at radius 3 is 2.95 bits per heavy atom. The fourth-order valence-electron chi connectivity index (χ4n) is 1.99. The second-order valence-electron chi connectivity index (χ2n) is 4.86. The molecule has 0 saturated carbocycles. The van der Waals surface area contributed by atoms with Crippen molar-refractivity contribution in [2.45, 2.75) is 12.6 Å². The van der Waals surface area contributed by atoms with Crippen LogP contribution in [0, 0.1) is 0 Å². The van der Waals surface area contributed by atoms with E-state index in [2.05, 4.69) is 21.2 Å². The fraction of sp³-hybridized carbons (Fsp3) is 0.538. The summed E-state index contributed by atoms with van der Waals surface area (Å²) in [6.45, 7) is 2.16. The first-order valence-corrected chi connectivity index (χ1v) is 6.97. The van der Waals surface area contributed by atoms with Crippen molar-refractivity contribution >= 4 is 15.9 Å². The van der Waals surface area contributed by atoms with Gasteiger partial charge < -0.3 is 24.8 Å². The zero-order chi connectivity index (χ0) is 13.8. The number of aliphatic hydroxyl groups is 1. The molecule has 0 bridgehead atoms. The van der Waals surface area contributed by atoms with Gasteiger partial charge >= 0.3 is 0 Å². The number of hydrogen-bond donors (Lipinski definition) is 2. The molecule has 0 aromatic heterocycles. The van der Waals surface area contributed by atoms with E-state index in [0.717, 1.165) is 21.5 Å². The number of ether oxygens (including phenoxy) is 2. The zero-order valence-corrected chi connectivity index (χ0v) is 12.7. The van der Waals surface area contributed by atoms with E-state index >= 15 is 0 Å². The van der Waals surface area contributed by atoms with Crippen molar-refractivity contribution in [3.63, 3.8) is 0 Å². The third kappa shape index (κ3) is 4.07. The molecule has 2 N–H and O–H groups in total. The van der Waals surface area contributed by atoms with Crippen LogP contribution in [0.3, 0.4) is 0 Å². The van der Waals surface area contributed by atoms with Crippen molar-refractivity contribution in [3.05, 3.63) is 22.2 Å². The average Bonchev–Trinajstić information content (AvgIpc) is 2.76. The Balaban J connectivity index is 1.85. The lowest BCUT2D eigenvalue weighted by Gasteiger charge is -2.16. The Labute approximate surface area is 121 Å². The van der Waals surface area contributed by atoms with Gasteiger partial charge in [0.1, 0.15) is 0 Å². The van der Waals surface area contributed by atoms with Gasteiger partial charge in [0.05, 0.1) is 10.6 Å². The zero-order valence-electron chi connectivity index (χ0n) is 11.1. The Morgan fingerprint density at radius 1 is 1.42 bits per heavy atom. The minimum absolute atomic E-state index is 0.270. The van der Waals surface area contributed by atoms with Crippen molar-refractivity contribution in [2.24, 2.45) is 0 Å². The van der Waals surface area contributed by atoms with Gasteiger partial charge in [-0.25, -0.2) is 0 Å². The summed E-state index contributed by atoms with van der Waals surface area (Å²) < 4.78 is 11.6. The highest BCUT2D eigenvalue weighted by molar-refractivity contribution is 9.10. The topological polar surface area (TPSA) is 54.0 Å². The van der Waals surface area contributed by atoms with Crippen molar-refractivity contribution in [3.8, 4) is 11.5 Å². The van der Waals surface area contributed by atoms with Gasteiger partial charge in [-0.3, -0.25) is 0 Å². The number of nitrogens with zero attached hydrogens (tertiary/aromatic N) is 1. The molecular formula is C13H19BrN2O3. The first-order chi connectivity index (χ1) is 9.06. The van der Waals surface area contributed by atoms with Gasteiger partial charge in [0.2, 0.25) is 6.79 Å². The van der Waals surface area contributed by atoms with Gasteiger partial charge in [0.15, 0.2) is 11.5 Å². The van der Waals surface area contributed by atoms with Crippen LogP contribution in [-0.4, -0.2) is 50.1 Å². The molecular weight excluding hydrogens is 312 g/mol. The number of hydrogen-bond acceptors (Lipinski definition) is 5. The fourth-order valence-corrected chi connectivity index (χ4v) is 2.60. The van der Waals surface area contributed by atoms with E-state index in [1.807, 2.05) is 31.1 Å². The second-order valence-corrected chi connectivity index (χ2v) is 5.71.